The van der Waals surface area contributed by atoms with E-state index in [0.717, 1.165) is 29.9 Å². The maximum absolute atomic E-state index is 12.9. The predicted molar refractivity (Wildman–Crippen MR) is 115 cm³/mol. The van der Waals surface area contributed by atoms with E-state index in [0.29, 0.717) is 11.4 Å². The highest BCUT2D eigenvalue weighted by atomic mass is 32.2. The van der Waals surface area contributed by atoms with E-state index in [1.807, 2.05) is 34.0 Å². The molecular formula is C22H32N3O2S+. The molecule has 1 heterocycles. The first-order valence-electron chi connectivity index (χ1n) is 9.97. The van der Waals surface area contributed by atoms with Crippen LogP contribution >= 0.6 is 0 Å². The molecule has 2 N–H and O–H groups in total. The van der Waals surface area contributed by atoms with Crippen molar-refractivity contribution in [2.24, 2.45) is 0 Å². The molecule has 0 unspecified atom stereocenters. The van der Waals surface area contributed by atoms with Crippen molar-refractivity contribution in [3.8, 4) is 0 Å². The summed E-state index contributed by atoms with van der Waals surface area (Å²) in [5, 5.41) is 0. The highest BCUT2D eigenvalue weighted by Gasteiger charge is 2.29. The molecule has 2 aromatic carbocycles. The Morgan fingerprint density at radius 2 is 1.64 bits per heavy atom. The lowest BCUT2D eigenvalue weighted by Gasteiger charge is -2.26. The maximum atomic E-state index is 12.9. The van der Waals surface area contributed by atoms with Crippen LogP contribution < -0.4 is 14.5 Å². The minimum absolute atomic E-state index is 0.125. The fraction of sp³-hybridized carbons (Fsp3) is 0.455. The molecule has 1 aliphatic rings. The zero-order valence-corrected chi connectivity index (χ0v) is 18.1. The summed E-state index contributed by atoms with van der Waals surface area (Å²) in [6, 6.07) is 13.9. The van der Waals surface area contributed by atoms with Crippen molar-refractivity contribution in [2.75, 3.05) is 38.6 Å². The van der Waals surface area contributed by atoms with E-state index in [1.165, 1.54) is 23.3 Å². The lowest BCUT2D eigenvalue weighted by Crippen LogP contribution is -3.11. The highest BCUT2D eigenvalue weighted by molar-refractivity contribution is 7.89. The quantitative estimate of drug-likeness (QED) is 0.746. The second kappa shape index (κ2) is 8.64. The Labute approximate surface area is 169 Å². The second-order valence-electron chi connectivity index (χ2n) is 8.00. The lowest BCUT2D eigenvalue weighted by molar-refractivity contribution is -0.918. The topological polar surface area (TPSA) is 53.9 Å². The van der Waals surface area contributed by atoms with E-state index in [-0.39, 0.29) is 6.04 Å². The van der Waals surface area contributed by atoms with Gasteiger partial charge < -0.3 is 9.80 Å². The first-order valence-corrected chi connectivity index (χ1v) is 11.4. The summed E-state index contributed by atoms with van der Waals surface area (Å²) in [7, 11) is 0.522. The number of hydrogen-bond acceptors (Lipinski definition) is 3. The van der Waals surface area contributed by atoms with Crippen LogP contribution in [0, 0.1) is 13.8 Å². The molecule has 0 amide bonds. The van der Waals surface area contributed by atoms with Gasteiger partial charge in [0.1, 0.15) is 6.04 Å². The van der Waals surface area contributed by atoms with Gasteiger partial charge >= 0.3 is 0 Å². The van der Waals surface area contributed by atoms with E-state index in [1.54, 1.807) is 12.1 Å². The minimum Gasteiger partial charge on any atom is -0.378 e. The van der Waals surface area contributed by atoms with Crippen LogP contribution in [-0.2, 0) is 10.0 Å². The third kappa shape index (κ3) is 4.74. The number of rotatable bonds is 7. The minimum atomic E-state index is -3.53. The van der Waals surface area contributed by atoms with Crippen LogP contribution in [0.4, 0.5) is 5.69 Å². The van der Waals surface area contributed by atoms with E-state index in [2.05, 4.69) is 33.9 Å². The van der Waals surface area contributed by atoms with Crippen molar-refractivity contribution in [1.82, 2.24) is 4.72 Å². The van der Waals surface area contributed by atoms with Crippen LogP contribution in [0.2, 0.25) is 0 Å². The molecule has 5 nitrogen and oxygen atoms in total. The Morgan fingerprint density at radius 3 is 2.21 bits per heavy atom. The Balaban J connectivity index is 1.80. The van der Waals surface area contributed by atoms with Crippen LogP contribution in [0.5, 0.6) is 0 Å². The van der Waals surface area contributed by atoms with Gasteiger partial charge in [0.25, 0.3) is 0 Å². The fourth-order valence-electron chi connectivity index (χ4n) is 3.84. The maximum Gasteiger partial charge on any atom is 0.240 e. The van der Waals surface area contributed by atoms with Gasteiger partial charge in [-0.1, -0.05) is 18.2 Å². The summed E-state index contributed by atoms with van der Waals surface area (Å²) >= 11 is 0. The number of quaternary nitrogens is 1. The van der Waals surface area contributed by atoms with Crippen molar-refractivity contribution in [3.05, 3.63) is 59.2 Å². The van der Waals surface area contributed by atoms with Gasteiger partial charge in [0.05, 0.1) is 24.5 Å². The zero-order valence-electron chi connectivity index (χ0n) is 17.3. The van der Waals surface area contributed by atoms with Crippen molar-refractivity contribution in [2.45, 2.75) is 37.6 Å². The number of nitrogens with one attached hydrogen (secondary N) is 2. The van der Waals surface area contributed by atoms with Crippen LogP contribution in [0.1, 0.15) is 35.6 Å². The van der Waals surface area contributed by atoms with Crippen LogP contribution in [0.15, 0.2) is 47.4 Å². The molecule has 0 bridgehead atoms. The molecule has 1 aliphatic heterocycles. The van der Waals surface area contributed by atoms with E-state index in [4.69, 9.17) is 0 Å². The van der Waals surface area contributed by atoms with Crippen molar-refractivity contribution in [3.63, 3.8) is 0 Å². The number of nitrogens with zero attached hydrogens (tertiary/aromatic N) is 1. The van der Waals surface area contributed by atoms with Gasteiger partial charge in [-0.3, -0.25) is 0 Å². The normalized spacial score (nSPS) is 16.3. The summed E-state index contributed by atoms with van der Waals surface area (Å²) < 4.78 is 28.6. The Hall–Kier alpha value is -1.89. The van der Waals surface area contributed by atoms with Crippen LogP contribution in [-0.4, -0.2) is 42.1 Å². The molecule has 0 saturated carbocycles. The molecule has 6 heteroatoms. The smallest absolute Gasteiger partial charge is 0.240 e. The van der Waals surface area contributed by atoms with Gasteiger partial charge in [-0.15, -0.1) is 0 Å². The molecule has 0 aliphatic carbocycles. The Kier molecular flexibility index (Phi) is 6.43. The molecule has 1 saturated heterocycles. The first kappa shape index (κ1) is 20.8. The van der Waals surface area contributed by atoms with Gasteiger partial charge in [0.15, 0.2) is 0 Å². The predicted octanol–water partition coefficient (Wildman–Crippen LogP) is 2.07. The molecule has 1 fully saturated rings. The molecule has 0 radical (unpaired) electrons. The Bertz CT molecular complexity index is 902. The summed E-state index contributed by atoms with van der Waals surface area (Å²) in [5.41, 5.74) is 4.42. The summed E-state index contributed by atoms with van der Waals surface area (Å²) in [5.74, 6) is 0. The molecule has 3 rings (SSSR count). The van der Waals surface area contributed by atoms with Crippen molar-refractivity contribution >= 4 is 15.7 Å². The van der Waals surface area contributed by atoms with Gasteiger partial charge in [0, 0.05) is 38.2 Å². The van der Waals surface area contributed by atoms with Gasteiger partial charge in [-0.25, -0.2) is 13.1 Å². The largest absolute Gasteiger partial charge is 0.378 e. The zero-order chi connectivity index (χ0) is 20.3. The molecule has 1 atom stereocenters. The first-order chi connectivity index (χ1) is 13.3. The second-order valence-corrected chi connectivity index (χ2v) is 9.77. The van der Waals surface area contributed by atoms with Crippen molar-refractivity contribution < 1.29 is 13.3 Å². The van der Waals surface area contributed by atoms with E-state index >= 15 is 0 Å². The lowest BCUT2D eigenvalue weighted by atomic mass is 10.1. The number of likely N-dealkylation sites (tertiary alicyclic amines) is 1. The average molecular weight is 403 g/mol. The number of hydrogen-bond donors (Lipinski definition) is 2. The van der Waals surface area contributed by atoms with Crippen LogP contribution in [0.25, 0.3) is 0 Å². The van der Waals surface area contributed by atoms with Crippen LogP contribution in [0.3, 0.4) is 0 Å². The van der Waals surface area contributed by atoms with E-state index in [9.17, 15) is 8.42 Å². The summed E-state index contributed by atoms with van der Waals surface area (Å²) in [6.45, 7) is 6.52. The number of anilines is 1. The molecule has 0 spiro atoms. The summed E-state index contributed by atoms with van der Waals surface area (Å²) in [4.78, 5) is 3.87. The standard InChI is InChI=1S/C22H31N3O2S/c1-17-7-12-21(15-18(17)2)28(26,27)23-16-22(25-13-5-6-14-25)19-8-10-20(11-9-19)24(3)4/h7-12,15,22-23H,5-6,13-14,16H2,1-4H3/p+1/t22-/m0/s1. The molecule has 152 valence electrons. The molecular weight excluding hydrogens is 370 g/mol. The summed E-state index contributed by atoms with van der Waals surface area (Å²) in [6.07, 6.45) is 2.40. The molecule has 2 aromatic rings. The average Bonchev–Trinajstić information content (AvgIpc) is 3.19. The Morgan fingerprint density at radius 1 is 1.00 bits per heavy atom. The SMILES string of the molecule is Cc1ccc(S(=O)(=O)NC[C@@H](c2ccc(N(C)C)cc2)[NH+]2CCCC2)cc1C. The van der Waals surface area contributed by atoms with Crippen molar-refractivity contribution in [1.29, 1.82) is 0 Å². The third-order valence-corrected chi connectivity index (χ3v) is 7.24. The van der Waals surface area contributed by atoms with Gasteiger partial charge in [-0.2, -0.15) is 0 Å². The molecule has 28 heavy (non-hydrogen) atoms. The highest BCUT2D eigenvalue weighted by Crippen LogP contribution is 2.19. The fourth-order valence-corrected chi connectivity index (χ4v) is 4.97. The van der Waals surface area contributed by atoms with E-state index < -0.39 is 10.0 Å². The number of benzene rings is 2. The number of aryl methyl sites for hydroxylation is 2. The number of sulfonamides is 1. The van der Waals surface area contributed by atoms with Gasteiger partial charge in [0.2, 0.25) is 10.0 Å². The van der Waals surface area contributed by atoms with Gasteiger partial charge in [-0.05, 0) is 49.2 Å². The molecule has 0 aromatic heterocycles. The third-order valence-electron chi connectivity index (χ3n) is 5.82. The monoisotopic (exact) mass is 402 g/mol.